The summed E-state index contributed by atoms with van der Waals surface area (Å²) in [6.07, 6.45) is 3.90. The molecule has 0 bridgehead atoms. The van der Waals surface area contributed by atoms with E-state index in [0.29, 0.717) is 11.8 Å². The number of hydrogen-bond acceptors (Lipinski definition) is 2. The van der Waals surface area contributed by atoms with Crippen LogP contribution >= 0.6 is 0 Å². The van der Waals surface area contributed by atoms with E-state index in [9.17, 15) is 5.11 Å². The van der Waals surface area contributed by atoms with E-state index in [0.717, 1.165) is 17.2 Å². The molecule has 15 heavy (non-hydrogen) atoms. The third-order valence-electron chi connectivity index (χ3n) is 3.18. The van der Waals surface area contributed by atoms with Crippen LogP contribution in [0.25, 0.3) is 0 Å². The summed E-state index contributed by atoms with van der Waals surface area (Å²) in [5, 5.41) is 13.0. The van der Waals surface area contributed by atoms with Crippen LogP contribution in [0, 0.1) is 12.8 Å². The molecule has 1 fully saturated rings. The summed E-state index contributed by atoms with van der Waals surface area (Å²) in [6.45, 7) is 4.15. The lowest BCUT2D eigenvalue weighted by molar-refractivity contribution is 0.471. The molecule has 2 N–H and O–H groups in total. The molecular formula is C13H19NO. The second kappa shape index (κ2) is 4.13. The average Bonchev–Trinajstić information content (AvgIpc) is 3.03. The normalized spacial score (nSPS) is 17.5. The van der Waals surface area contributed by atoms with Crippen LogP contribution in [-0.4, -0.2) is 11.1 Å². The highest BCUT2D eigenvalue weighted by Crippen LogP contribution is 2.35. The Kier molecular flexibility index (Phi) is 2.85. The maximum Gasteiger partial charge on any atom is 0.118 e. The predicted octanol–water partition coefficient (Wildman–Crippen LogP) is 3.30. The van der Waals surface area contributed by atoms with Crippen molar-refractivity contribution in [2.75, 3.05) is 5.32 Å². The van der Waals surface area contributed by atoms with Gasteiger partial charge < -0.3 is 10.4 Å². The standard InChI is InChI=1S/C13H19NO/c1-3-12(10-4-5-10)14-11-6-7-13(15)9(2)8-11/h6-8,10,12,14-15H,3-5H2,1-2H3. The van der Waals surface area contributed by atoms with Gasteiger partial charge in [-0.1, -0.05) is 6.92 Å². The Balaban J connectivity index is 2.05. The van der Waals surface area contributed by atoms with E-state index >= 15 is 0 Å². The summed E-state index contributed by atoms with van der Waals surface area (Å²) in [5.74, 6) is 1.24. The van der Waals surface area contributed by atoms with Crippen LogP contribution in [0.1, 0.15) is 31.7 Å². The van der Waals surface area contributed by atoms with Crippen molar-refractivity contribution in [1.82, 2.24) is 0 Å². The van der Waals surface area contributed by atoms with Crippen molar-refractivity contribution in [1.29, 1.82) is 0 Å². The van der Waals surface area contributed by atoms with Crippen LogP contribution in [0.2, 0.25) is 0 Å². The fourth-order valence-corrected chi connectivity index (χ4v) is 2.01. The molecule has 1 unspecified atom stereocenters. The Hall–Kier alpha value is -1.18. The lowest BCUT2D eigenvalue weighted by atomic mass is 10.1. The number of phenolic OH excluding ortho intramolecular Hbond substituents is 1. The maximum absolute atomic E-state index is 9.43. The molecule has 0 amide bonds. The first-order valence-electron chi connectivity index (χ1n) is 5.77. The molecule has 0 saturated heterocycles. The molecule has 2 rings (SSSR count). The van der Waals surface area contributed by atoms with Gasteiger partial charge >= 0.3 is 0 Å². The number of nitrogens with one attached hydrogen (secondary N) is 1. The van der Waals surface area contributed by atoms with Crippen LogP contribution in [0.5, 0.6) is 5.75 Å². The molecule has 2 heteroatoms. The van der Waals surface area contributed by atoms with E-state index in [2.05, 4.69) is 12.2 Å². The topological polar surface area (TPSA) is 32.3 Å². The maximum atomic E-state index is 9.43. The van der Waals surface area contributed by atoms with Crippen molar-refractivity contribution in [2.24, 2.45) is 5.92 Å². The number of rotatable bonds is 4. The monoisotopic (exact) mass is 205 g/mol. The van der Waals surface area contributed by atoms with Crippen molar-refractivity contribution >= 4 is 5.69 Å². The molecule has 1 atom stereocenters. The summed E-state index contributed by atoms with van der Waals surface area (Å²) in [7, 11) is 0. The third-order valence-corrected chi connectivity index (χ3v) is 3.18. The van der Waals surface area contributed by atoms with Crippen LogP contribution in [0.4, 0.5) is 5.69 Å². The largest absolute Gasteiger partial charge is 0.508 e. The van der Waals surface area contributed by atoms with Gasteiger partial charge in [0.05, 0.1) is 0 Å². The summed E-state index contributed by atoms with van der Waals surface area (Å²) >= 11 is 0. The van der Waals surface area contributed by atoms with Crippen molar-refractivity contribution in [3.8, 4) is 5.75 Å². The Morgan fingerprint density at radius 1 is 1.47 bits per heavy atom. The zero-order valence-corrected chi connectivity index (χ0v) is 9.46. The summed E-state index contributed by atoms with van der Waals surface area (Å²) < 4.78 is 0. The van der Waals surface area contributed by atoms with Gasteiger partial charge in [-0.3, -0.25) is 0 Å². The first kappa shape index (κ1) is 10.3. The van der Waals surface area contributed by atoms with Gasteiger partial charge in [0, 0.05) is 11.7 Å². The van der Waals surface area contributed by atoms with Gasteiger partial charge in [-0.25, -0.2) is 0 Å². The SMILES string of the molecule is CCC(Nc1ccc(O)c(C)c1)C1CC1. The molecule has 0 aliphatic heterocycles. The van der Waals surface area contributed by atoms with Crippen LogP contribution < -0.4 is 5.32 Å². The van der Waals surface area contributed by atoms with Gasteiger partial charge in [-0.2, -0.15) is 0 Å². The predicted molar refractivity (Wildman–Crippen MR) is 63.3 cm³/mol. The van der Waals surface area contributed by atoms with Crippen LogP contribution in [-0.2, 0) is 0 Å². The minimum absolute atomic E-state index is 0.375. The Morgan fingerprint density at radius 2 is 2.20 bits per heavy atom. The van der Waals surface area contributed by atoms with Gasteiger partial charge in [0.1, 0.15) is 5.75 Å². The molecular weight excluding hydrogens is 186 g/mol. The second-order valence-electron chi connectivity index (χ2n) is 4.50. The highest BCUT2D eigenvalue weighted by Gasteiger charge is 2.29. The molecule has 2 nitrogen and oxygen atoms in total. The van der Waals surface area contributed by atoms with Gasteiger partial charge in [0.25, 0.3) is 0 Å². The average molecular weight is 205 g/mol. The minimum Gasteiger partial charge on any atom is -0.508 e. The summed E-state index contributed by atoms with van der Waals surface area (Å²) in [4.78, 5) is 0. The smallest absolute Gasteiger partial charge is 0.118 e. The molecule has 1 aliphatic rings. The quantitative estimate of drug-likeness (QED) is 0.739. The molecule has 1 saturated carbocycles. The lowest BCUT2D eigenvalue weighted by Gasteiger charge is -2.18. The summed E-state index contributed by atoms with van der Waals surface area (Å²) in [5.41, 5.74) is 2.06. The van der Waals surface area contributed by atoms with E-state index in [1.165, 1.54) is 19.3 Å². The van der Waals surface area contributed by atoms with Gasteiger partial charge in [0.15, 0.2) is 0 Å². The third kappa shape index (κ3) is 2.44. The molecule has 1 aromatic carbocycles. The fourth-order valence-electron chi connectivity index (χ4n) is 2.01. The van der Waals surface area contributed by atoms with Gasteiger partial charge in [-0.05, 0) is 55.9 Å². The Labute approximate surface area is 91.3 Å². The fraction of sp³-hybridized carbons (Fsp3) is 0.538. The van der Waals surface area contributed by atoms with E-state index in [1.807, 2.05) is 19.1 Å². The Bertz CT molecular complexity index is 344. The highest BCUT2D eigenvalue weighted by atomic mass is 16.3. The number of aryl methyl sites for hydroxylation is 1. The number of aromatic hydroxyl groups is 1. The number of hydrogen-bond donors (Lipinski definition) is 2. The van der Waals surface area contributed by atoms with Crippen molar-refractivity contribution < 1.29 is 5.11 Å². The van der Waals surface area contributed by atoms with Crippen LogP contribution in [0.3, 0.4) is 0 Å². The van der Waals surface area contributed by atoms with E-state index < -0.39 is 0 Å². The molecule has 0 radical (unpaired) electrons. The second-order valence-corrected chi connectivity index (χ2v) is 4.50. The lowest BCUT2D eigenvalue weighted by Crippen LogP contribution is -2.20. The highest BCUT2D eigenvalue weighted by molar-refractivity contribution is 5.51. The molecule has 82 valence electrons. The van der Waals surface area contributed by atoms with Crippen molar-refractivity contribution in [3.05, 3.63) is 23.8 Å². The van der Waals surface area contributed by atoms with Gasteiger partial charge in [-0.15, -0.1) is 0 Å². The number of anilines is 1. The first-order valence-corrected chi connectivity index (χ1v) is 5.77. The number of benzene rings is 1. The van der Waals surface area contributed by atoms with E-state index in [4.69, 9.17) is 0 Å². The number of phenols is 1. The van der Waals surface area contributed by atoms with Crippen molar-refractivity contribution in [3.63, 3.8) is 0 Å². The van der Waals surface area contributed by atoms with E-state index in [1.54, 1.807) is 6.07 Å². The van der Waals surface area contributed by atoms with Gasteiger partial charge in [0.2, 0.25) is 0 Å². The molecule has 1 aliphatic carbocycles. The molecule has 0 spiro atoms. The van der Waals surface area contributed by atoms with E-state index in [-0.39, 0.29) is 0 Å². The molecule has 1 aromatic rings. The molecule has 0 aromatic heterocycles. The minimum atomic E-state index is 0.375. The zero-order valence-electron chi connectivity index (χ0n) is 9.46. The zero-order chi connectivity index (χ0) is 10.8. The van der Waals surface area contributed by atoms with Crippen molar-refractivity contribution in [2.45, 2.75) is 39.2 Å². The summed E-state index contributed by atoms with van der Waals surface area (Å²) in [6, 6.07) is 6.33. The van der Waals surface area contributed by atoms with Crippen LogP contribution in [0.15, 0.2) is 18.2 Å². The Morgan fingerprint density at radius 3 is 2.73 bits per heavy atom. The molecule has 0 heterocycles. The first-order chi connectivity index (χ1) is 7.20.